The minimum atomic E-state index is -2.83. The molecule has 14 heavy (non-hydrogen) atoms. The number of sulfone groups is 1. The smallest absolute Gasteiger partial charge is 0.147 e. The summed E-state index contributed by atoms with van der Waals surface area (Å²) in [5, 5.41) is 0. The molecule has 4 heteroatoms. The molecule has 0 saturated heterocycles. The second kappa shape index (κ2) is 4.46. The van der Waals surface area contributed by atoms with E-state index in [0.29, 0.717) is 6.42 Å². The van der Waals surface area contributed by atoms with Gasteiger partial charge in [0, 0.05) is 11.9 Å². The zero-order valence-electron chi connectivity index (χ0n) is 8.23. The molecule has 0 spiro atoms. The average Bonchev–Trinajstić information content (AvgIpc) is 2.06. The van der Waals surface area contributed by atoms with E-state index in [-0.39, 0.29) is 5.75 Å². The van der Waals surface area contributed by atoms with Crippen molar-refractivity contribution in [1.82, 2.24) is 0 Å². The fraction of sp³-hybridized carbons (Fsp3) is 0.400. The SMILES string of the molecule is CS(=O)(=O)CCCc1ccc(N)cc1. The topological polar surface area (TPSA) is 60.2 Å². The molecule has 0 fully saturated rings. The second-order valence-corrected chi connectivity index (χ2v) is 5.73. The van der Waals surface area contributed by atoms with Gasteiger partial charge in [0.25, 0.3) is 0 Å². The van der Waals surface area contributed by atoms with Crippen LogP contribution in [0.4, 0.5) is 5.69 Å². The van der Waals surface area contributed by atoms with Gasteiger partial charge in [-0.05, 0) is 30.5 Å². The van der Waals surface area contributed by atoms with Crippen molar-refractivity contribution in [3.63, 3.8) is 0 Å². The Morgan fingerprint density at radius 3 is 2.29 bits per heavy atom. The summed E-state index contributed by atoms with van der Waals surface area (Å²) in [6.07, 6.45) is 2.71. The largest absolute Gasteiger partial charge is 0.399 e. The van der Waals surface area contributed by atoms with Gasteiger partial charge in [0.15, 0.2) is 0 Å². The zero-order chi connectivity index (χ0) is 10.6. The molecule has 0 atom stereocenters. The van der Waals surface area contributed by atoms with Crippen molar-refractivity contribution >= 4 is 15.5 Å². The first-order valence-corrected chi connectivity index (χ1v) is 6.55. The van der Waals surface area contributed by atoms with Crippen LogP contribution >= 0.6 is 0 Å². The third-order valence-corrected chi connectivity index (χ3v) is 2.99. The summed E-state index contributed by atoms with van der Waals surface area (Å²) in [5.41, 5.74) is 7.39. The number of nitrogen functional groups attached to an aromatic ring is 1. The average molecular weight is 213 g/mol. The third-order valence-electron chi connectivity index (χ3n) is 1.96. The molecule has 0 saturated carbocycles. The standard InChI is InChI=1S/C10H15NO2S/c1-14(12,13)8-2-3-9-4-6-10(11)7-5-9/h4-7H,2-3,8,11H2,1H3. The van der Waals surface area contributed by atoms with Gasteiger partial charge in [-0.3, -0.25) is 0 Å². The third kappa shape index (κ3) is 4.28. The van der Waals surface area contributed by atoms with Crippen molar-refractivity contribution in [3.05, 3.63) is 29.8 Å². The van der Waals surface area contributed by atoms with Crippen LogP contribution in [-0.4, -0.2) is 20.4 Å². The number of benzene rings is 1. The Balaban J connectivity index is 2.43. The molecule has 0 bridgehead atoms. The highest BCUT2D eigenvalue weighted by atomic mass is 32.2. The van der Waals surface area contributed by atoms with E-state index < -0.39 is 9.84 Å². The number of nitrogens with two attached hydrogens (primary N) is 1. The maximum Gasteiger partial charge on any atom is 0.147 e. The van der Waals surface area contributed by atoms with Crippen LogP contribution < -0.4 is 5.73 Å². The monoisotopic (exact) mass is 213 g/mol. The maximum absolute atomic E-state index is 10.9. The highest BCUT2D eigenvalue weighted by molar-refractivity contribution is 7.90. The molecular weight excluding hydrogens is 198 g/mol. The molecule has 0 aromatic heterocycles. The molecular formula is C10H15NO2S. The Morgan fingerprint density at radius 2 is 1.79 bits per heavy atom. The van der Waals surface area contributed by atoms with E-state index in [1.165, 1.54) is 6.26 Å². The zero-order valence-corrected chi connectivity index (χ0v) is 9.05. The van der Waals surface area contributed by atoms with Crippen molar-refractivity contribution in [2.24, 2.45) is 0 Å². The van der Waals surface area contributed by atoms with Crippen LogP contribution in [0.25, 0.3) is 0 Å². The summed E-state index contributed by atoms with van der Waals surface area (Å²) in [6.45, 7) is 0. The number of hydrogen-bond acceptors (Lipinski definition) is 3. The normalized spacial score (nSPS) is 11.5. The molecule has 1 aromatic rings. The van der Waals surface area contributed by atoms with Gasteiger partial charge < -0.3 is 5.73 Å². The summed E-state index contributed by atoms with van der Waals surface area (Å²) in [5.74, 6) is 0.247. The molecule has 0 aliphatic carbocycles. The van der Waals surface area contributed by atoms with E-state index in [9.17, 15) is 8.42 Å². The predicted octanol–water partition coefficient (Wildman–Crippen LogP) is 1.25. The highest BCUT2D eigenvalue weighted by Crippen LogP contribution is 2.08. The molecule has 78 valence electrons. The summed E-state index contributed by atoms with van der Waals surface area (Å²) in [6, 6.07) is 7.51. The Bertz CT molecular complexity index is 381. The molecule has 0 unspecified atom stereocenters. The molecule has 1 aromatic carbocycles. The van der Waals surface area contributed by atoms with Crippen LogP contribution in [0.15, 0.2) is 24.3 Å². The van der Waals surface area contributed by atoms with E-state index in [1.807, 2.05) is 24.3 Å². The van der Waals surface area contributed by atoms with Crippen molar-refractivity contribution in [1.29, 1.82) is 0 Å². The van der Waals surface area contributed by atoms with Gasteiger partial charge in [0.05, 0.1) is 5.75 Å². The lowest BCUT2D eigenvalue weighted by molar-refractivity contribution is 0.599. The van der Waals surface area contributed by atoms with Gasteiger partial charge in [-0.15, -0.1) is 0 Å². The Labute approximate surface area is 84.9 Å². The quantitative estimate of drug-likeness (QED) is 0.766. The summed E-state index contributed by atoms with van der Waals surface area (Å²) in [4.78, 5) is 0. The van der Waals surface area contributed by atoms with Gasteiger partial charge >= 0.3 is 0 Å². The summed E-state index contributed by atoms with van der Waals surface area (Å²) in [7, 11) is -2.83. The summed E-state index contributed by atoms with van der Waals surface area (Å²) >= 11 is 0. The predicted molar refractivity (Wildman–Crippen MR) is 58.9 cm³/mol. The van der Waals surface area contributed by atoms with Gasteiger partial charge in [-0.25, -0.2) is 8.42 Å². The van der Waals surface area contributed by atoms with Gasteiger partial charge in [-0.1, -0.05) is 12.1 Å². The van der Waals surface area contributed by atoms with Crippen LogP contribution in [0.2, 0.25) is 0 Å². The van der Waals surface area contributed by atoms with E-state index in [4.69, 9.17) is 5.73 Å². The highest BCUT2D eigenvalue weighted by Gasteiger charge is 2.01. The van der Waals surface area contributed by atoms with Crippen molar-refractivity contribution in [2.45, 2.75) is 12.8 Å². The van der Waals surface area contributed by atoms with Crippen molar-refractivity contribution in [2.75, 3.05) is 17.7 Å². The van der Waals surface area contributed by atoms with Crippen LogP contribution in [0, 0.1) is 0 Å². The number of aryl methyl sites for hydroxylation is 1. The van der Waals surface area contributed by atoms with Crippen LogP contribution in [0.1, 0.15) is 12.0 Å². The summed E-state index contributed by atoms with van der Waals surface area (Å²) < 4.78 is 21.7. The maximum atomic E-state index is 10.9. The van der Waals surface area contributed by atoms with E-state index in [2.05, 4.69) is 0 Å². The van der Waals surface area contributed by atoms with Crippen LogP contribution in [-0.2, 0) is 16.3 Å². The molecule has 0 amide bonds. The second-order valence-electron chi connectivity index (χ2n) is 3.48. The first-order valence-electron chi connectivity index (χ1n) is 4.49. The fourth-order valence-corrected chi connectivity index (χ4v) is 1.89. The molecule has 0 heterocycles. The lowest BCUT2D eigenvalue weighted by Gasteiger charge is -2.01. The number of anilines is 1. The Morgan fingerprint density at radius 1 is 1.21 bits per heavy atom. The molecule has 2 N–H and O–H groups in total. The fourth-order valence-electron chi connectivity index (χ4n) is 1.22. The minimum absolute atomic E-state index is 0.247. The van der Waals surface area contributed by atoms with Crippen LogP contribution in [0.5, 0.6) is 0 Å². The van der Waals surface area contributed by atoms with Gasteiger partial charge in [0.1, 0.15) is 9.84 Å². The lowest BCUT2D eigenvalue weighted by atomic mass is 10.1. The molecule has 0 aliphatic rings. The minimum Gasteiger partial charge on any atom is -0.399 e. The van der Waals surface area contributed by atoms with Gasteiger partial charge in [-0.2, -0.15) is 0 Å². The van der Waals surface area contributed by atoms with E-state index >= 15 is 0 Å². The van der Waals surface area contributed by atoms with E-state index in [1.54, 1.807) is 0 Å². The first kappa shape index (κ1) is 11.0. The Hall–Kier alpha value is -1.03. The lowest BCUT2D eigenvalue weighted by Crippen LogP contribution is -2.03. The first-order chi connectivity index (χ1) is 6.47. The van der Waals surface area contributed by atoms with Crippen molar-refractivity contribution in [3.8, 4) is 0 Å². The molecule has 0 radical (unpaired) electrons. The number of rotatable bonds is 4. The van der Waals surface area contributed by atoms with Crippen LogP contribution in [0.3, 0.4) is 0 Å². The van der Waals surface area contributed by atoms with Gasteiger partial charge in [0.2, 0.25) is 0 Å². The molecule has 0 aliphatic heterocycles. The molecule has 3 nitrogen and oxygen atoms in total. The number of hydrogen-bond donors (Lipinski definition) is 1. The van der Waals surface area contributed by atoms with Crippen molar-refractivity contribution < 1.29 is 8.42 Å². The molecule has 1 rings (SSSR count). The Kier molecular flexibility index (Phi) is 3.52. The van der Waals surface area contributed by atoms with E-state index in [0.717, 1.165) is 17.7 Å².